The lowest BCUT2D eigenvalue weighted by Crippen LogP contribution is -2.10. The maximum atomic E-state index is 11.0. The molecule has 0 spiro atoms. The zero-order valence-electron chi connectivity index (χ0n) is 8.95. The van der Waals surface area contributed by atoms with Crippen LogP contribution < -0.4 is 15.2 Å². The predicted octanol–water partition coefficient (Wildman–Crippen LogP) is 0.839. The second-order valence-corrected chi connectivity index (χ2v) is 4.88. The third-order valence-corrected chi connectivity index (χ3v) is 3.13. The van der Waals surface area contributed by atoms with Gasteiger partial charge in [-0.05, 0) is 17.7 Å². The lowest BCUT2D eigenvalue weighted by atomic mass is 10.2. The van der Waals surface area contributed by atoms with Gasteiger partial charge in [0.25, 0.3) is 0 Å². The summed E-state index contributed by atoms with van der Waals surface area (Å²) < 4.78 is 21.0. The fourth-order valence-electron chi connectivity index (χ4n) is 1.23. The third-order valence-electron chi connectivity index (χ3n) is 2.11. The number of nitrogens with two attached hydrogens (primary N) is 1. The van der Waals surface area contributed by atoms with Crippen molar-refractivity contribution >= 4 is 7.60 Å². The number of hydrogen-bond acceptors (Lipinski definition) is 4. The van der Waals surface area contributed by atoms with Crippen molar-refractivity contribution in [2.24, 2.45) is 5.73 Å². The number of benzene rings is 1. The van der Waals surface area contributed by atoms with E-state index in [4.69, 9.17) is 25.0 Å². The van der Waals surface area contributed by atoms with Crippen LogP contribution in [0.4, 0.5) is 0 Å². The Balaban J connectivity index is 3.13. The van der Waals surface area contributed by atoms with Crippen LogP contribution in [-0.2, 0) is 4.57 Å². The standard InChI is InChI=1S/C9H14NO5P/c1-14-7-4-3-6(5-8(7)15-2)9(10)16(11,12)13/h3-5,9H,10H2,1-2H3,(H2,11,12,13)/t9-/m1/s1. The largest absolute Gasteiger partial charge is 0.493 e. The van der Waals surface area contributed by atoms with E-state index in [1.807, 2.05) is 0 Å². The van der Waals surface area contributed by atoms with Crippen molar-refractivity contribution in [3.05, 3.63) is 23.8 Å². The Kier molecular flexibility index (Phi) is 3.93. The molecule has 1 aromatic carbocycles. The molecular formula is C9H14NO5P. The van der Waals surface area contributed by atoms with Crippen molar-refractivity contribution < 1.29 is 23.8 Å². The van der Waals surface area contributed by atoms with Gasteiger partial charge in [0.2, 0.25) is 0 Å². The highest BCUT2D eigenvalue weighted by Gasteiger charge is 2.27. The minimum absolute atomic E-state index is 0.297. The predicted molar refractivity (Wildman–Crippen MR) is 58.5 cm³/mol. The Hall–Kier alpha value is -1.07. The molecule has 0 heterocycles. The molecule has 0 aromatic heterocycles. The van der Waals surface area contributed by atoms with Crippen molar-refractivity contribution in [1.82, 2.24) is 0 Å². The van der Waals surface area contributed by atoms with E-state index in [-0.39, 0.29) is 0 Å². The van der Waals surface area contributed by atoms with Gasteiger partial charge in [-0.3, -0.25) is 4.57 Å². The van der Waals surface area contributed by atoms with Gasteiger partial charge in [-0.15, -0.1) is 0 Å². The van der Waals surface area contributed by atoms with E-state index in [0.29, 0.717) is 17.1 Å². The Morgan fingerprint density at radius 2 is 1.81 bits per heavy atom. The molecule has 0 aliphatic carbocycles. The summed E-state index contributed by atoms with van der Waals surface area (Å²) in [6.45, 7) is 0. The minimum atomic E-state index is -4.35. The summed E-state index contributed by atoms with van der Waals surface area (Å²) in [5.74, 6) is -0.500. The minimum Gasteiger partial charge on any atom is -0.493 e. The SMILES string of the molecule is COc1ccc([C@H](N)P(=O)(O)O)cc1OC. The molecule has 0 aliphatic heterocycles. The summed E-state index contributed by atoms with van der Waals surface area (Å²) in [4.78, 5) is 17.9. The Morgan fingerprint density at radius 3 is 2.25 bits per heavy atom. The van der Waals surface area contributed by atoms with Crippen LogP contribution in [0.15, 0.2) is 18.2 Å². The highest BCUT2D eigenvalue weighted by atomic mass is 31.2. The van der Waals surface area contributed by atoms with Crippen LogP contribution in [0.5, 0.6) is 11.5 Å². The van der Waals surface area contributed by atoms with Crippen LogP contribution in [0.25, 0.3) is 0 Å². The maximum absolute atomic E-state index is 11.0. The van der Waals surface area contributed by atoms with Gasteiger partial charge >= 0.3 is 7.60 Å². The van der Waals surface area contributed by atoms with Gasteiger partial charge in [0.15, 0.2) is 11.5 Å². The molecule has 6 nitrogen and oxygen atoms in total. The molecule has 90 valence electrons. The van der Waals surface area contributed by atoms with Crippen molar-refractivity contribution in [2.75, 3.05) is 14.2 Å². The maximum Gasteiger partial charge on any atom is 0.346 e. The Labute approximate surface area is 93.1 Å². The topological polar surface area (TPSA) is 102 Å². The molecule has 16 heavy (non-hydrogen) atoms. The molecule has 1 aromatic rings. The molecule has 0 fully saturated rings. The van der Waals surface area contributed by atoms with Crippen molar-refractivity contribution in [3.63, 3.8) is 0 Å². The Bertz CT molecular complexity index is 416. The zero-order chi connectivity index (χ0) is 12.3. The third kappa shape index (κ3) is 2.74. The van der Waals surface area contributed by atoms with E-state index in [0.717, 1.165) is 0 Å². The quantitative estimate of drug-likeness (QED) is 0.681. The first-order valence-electron chi connectivity index (χ1n) is 4.43. The second-order valence-electron chi connectivity index (χ2n) is 3.15. The lowest BCUT2D eigenvalue weighted by Gasteiger charge is -2.15. The molecule has 0 unspecified atom stereocenters. The fourth-order valence-corrected chi connectivity index (χ4v) is 1.78. The molecule has 0 aliphatic rings. The van der Waals surface area contributed by atoms with Crippen molar-refractivity contribution in [3.8, 4) is 11.5 Å². The second kappa shape index (κ2) is 4.84. The van der Waals surface area contributed by atoms with Gasteiger partial charge in [0.05, 0.1) is 14.2 Å². The molecule has 0 amide bonds. The van der Waals surface area contributed by atoms with Crippen LogP contribution in [-0.4, -0.2) is 24.0 Å². The van der Waals surface area contributed by atoms with Crippen LogP contribution in [0.3, 0.4) is 0 Å². The van der Waals surface area contributed by atoms with Gasteiger partial charge in [0, 0.05) is 0 Å². The molecule has 0 radical (unpaired) electrons. The smallest absolute Gasteiger partial charge is 0.346 e. The number of ether oxygens (including phenoxy) is 2. The number of methoxy groups -OCH3 is 2. The van der Waals surface area contributed by atoms with Crippen molar-refractivity contribution in [1.29, 1.82) is 0 Å². The summed E-state index contributed by atoms with van der Waals surface area (Å²) >= 11 is 0. The molecule has 4 N–H and O–H groups in total. The van der Waals surface area contributed by atoms with E-state index in [2.05, 4.69) is 0 Å². The van der Waals surface area contributed by atoms with E-state index in [1.165, 1.54) is 26.4 Å². The van der Waals surface area contributed by atoms with Crippen molar-refractivity contribution in [2.45, 2.75) is 5.78 Å². The summed E-state index contributed by atoms with van der Waals surface area (Å²) in [7, 11) is -1.44. The Morgan fingerprint density at radius 1 is 1.25 bits per heavy atom. The highest BCUT2D eigenvalue weighted by molar-refractivity contribution is 7.52. The lowest BCUT2D eigenvalue weighted by molar-refractivity contribution is 0.351. The average molecular weight is 247 g/mol. The first kappa shape index (κ1) is 13.0. The number of rotatable bonds is 4. The molecular weight excluding hydrogens is 233 g/mol. The molecule has 7 heteroatoms. The van der Waals surface area contributed by atoms with Crippen LogP contribution in [0, 0.1) is 0 Å². The molecule has 0 saturated heterocycles. The van der Waals surface area contributed by atoms with E-state index >= 15 is 0 Å². The molecule has 1 atom stereocenters. The van der Waals surface area contributed by atoms with Gasteiger partial charge < -0.3 is 25.0 Å². The monoisotopic (exact) mass is 247 g/mol. The first-order chi connectivity index (χ1) is 7.40. The fraction of sp³-hybridized carbons (Fsp3) is 0.333. The van der Waals surface area contributed by atoms with E-state index in [1.54, 1.807) is 6.07 Å². The summed E-state index contributed by atoms with van der Waals surface area (Å²) in [5.41, 5.74) is 5.72. The summed E-state index contributed by atoms with van der Waals surface area (Å²) in [5, 5.41) is 0. The summed E-state index contributed by atoms with van der Waals surface area (Å²) in [6, 6.07) is 4.48. The van der Waals surface area contributed by atoms with Gasteiger partial charge in [-0.1, -0.05) is 6.07 Å². The van der Waals surface area contributed by atoms with Gasteiger partial charge in [-0.25, -0.2) is 0 Å². The van der Waals surface area contributed by atoms with E-state index in [9.17, 15) is 4.57 Å². The van der Waals surface area contributed by atoms with Crippen LogP contribution >= 0.6 is 7.60 Å². The molecule has 0 bridgehead atoms. The highest BCUT2D eigenvalue weighted by Crippen LogP contribution is 2.49. The zero-order valence-corrected chi connectivity index (χ0v) is 9.85. The summed E-state index contributed by atoms with van der Waals surface area (Å²) in [6.07, 6.45) is 0. The molecule has 1 rings (SSSR count). The normalized spacial score (nSPS) is 13.3. The van der Waals surface area contributed by atoms with Crippen LogP contribution in [0.1, 0.15) is 11.3 Å². The average Bonchev–Trinajstić information content (AvgIpc) is 2.25. The van der Waals surface area contributed by atoms with Gasteiger partial charge in [-0.2, -0.15) is 0 Å². The van der Waals surface area contributed by atoms with Gasteiger partial charge in [0.1, 0.15) is 5.78 Å². The van der Waals surface area contributed by atoms with E-state index < -0.39 is 13.4 Å². The first-order valence-corrected chi connectivity index (χ1v) is 6.11. The number of hydrogen-bond donors (Lipinski definition) is 3. The molecule has 0 saturated carbocycles. The van der Waals surface area contributed by atoms with Crippen LogP contribution in [0.2, 0.25) is 0 Å².